The highest BCUT2D eigenvalue weighted by Crippen LogP contribution is 2.37. The van der Waals surface area contributed by atoms with Crippen molar-refractivity contribution in [2.75, 3.05) is 26.6 Å². The second-order valence-electron chi connectivity index (χ2n) is 7.01. The maximum Gasteiger partial charge on any atom is 0.261 e. The van der Waals surface area contributed by atoms with Crippen molar-refractivity contribution >= 4 is 66.4 Å². The lowest BCUT2D eigenvalue weighted by Crippen LogP contribution is -2.34. The van der Waals surface area contributed by atoms with Gasteiger partial charge in [-0.3, -0.25) is 10.1 Å². The average Bonchev–Trinajstić information content (AvgIpc) is 3.31. The maximum absolute atomic E-state index is 13.0. The second kappa shape index (κ2) is 10.4. The number of thiocarbonyl (C=S) groups is 1. The molecule has 1 aromatic heterocycles. The summed E-state index contributed by atoms with van der Waals surface area (Å²) in [6, 6.07) is 15.1. The molecule has 7 nitrogen and oxygen atoms in total. The standard InChI is InChI=1S/C24H20BrN3O4S2/c1-30-18-9-8-14(11-19(18)31-2)17-12-34-24(26-17)28-23(33)27-22(29)16-10-13-6-4-5-7-15(13)20(25)21(16)32-3/h4-12H,1-3H3,(H2,26,27,28,29,33). The summed E-state index contributed by atoms with van der Waals surface area (Å²) in [6.07, 6.45) is 0. The number of hydrogen-bond donors (Lipinski definition) is 2. The number of amides is 1. The Morgan fingerprint density at radius 2 is 1.79 bits per heavy atom. The number of nitrogens with zero attached hydrogens (tertiary/aromatic N) is 1. The van der Waals surface area contributed by atoms with Gasteiger partial charge >= 0.3 is 0 Å². The summed E-state index contributed by atoms with van der Waals surface area (Å²) in [5, 5.41) is 10.1. The van der Waals surface area contributed by atoms with Gasteiger partial charge in [0, 0.05) is 10.9 Å². The van der Waals surface area contributed by atoms with Gasteiger partial charge in [-0.05, 0) is 63.2 Å². The van der Waals surface area contributed by atoms with Crippen LogP contribution in [0.3, 0.4) is 0 Å². The fraction of sp³-hybridized carbons (Fsp3) is 0.125. The predicted molar refractivity (Wildman–Crippen MR) is 143 cm³/mol. The molecule has 0 aliphatic heterocycles. The maximum atomic E-state index is 13.0. The van der Waals surface area contributed by atoms with E-state index in [-0.39, 0.29) is 5.11 Å². The van der Waals surface area contributed by atoms with E-state index in [1.54, 1.807) is 20.3 Å². The molecule has 1 amide bonds. The Kier molecular flexibility index (Phi) is 7.30. The van der Waals surface area contributed by atoms with Crippen molar-refractivity contribution in [3.63, 3.8) is 0 Å². The van der Waals surface area contributed by atoms with Crippen LogP contribution in [-0.2, 0) is 0 Å². The lowest BCUT2D eigenvalue weighted by molar-refractivity contribution is 0.0975. The van der Waals surface area contributed by atoms with Gasteiger partial charge < -0.3 is 19.5 Å². The summed E-state index contributed by atoms with van der Waals surface area (Å²) < 4.78 is 16.8. The van der Waals surface area contributed by atoms with E-state index in [0.29, 0.717) is 32.4 Å². The lowest BCUT2D eigenvalue weighted by Gasteiger charge is -2.14. The quantitative estimate of drug-likeness (QED) is 0.286. The Hall–Kier alpha value is -3.21. The molecule has 1 heterocycles. The van der Waals surface area contributed by atoms with Gasteiger partial charge in [0.25, 0.3) is 5.91 Å². The summed E-state index contributed by atoms with van der Waals surface area (Å²) in [7, 11) is 4.69. The molecule has 0 aliphatic rings. The van der Waals surface area contributed by atoms with Crippen molar-refractivity contribution in [1.82, 2.24) is 10.3 Å². The van der Waals surface area contributed by atoms with E-state index in [2.05, 4.69) is 31.5 Å². The minimum absolute atomic E-state index is 0.129. The zero-order valence-corrected chi connectivity index (χ0v) is 21.7. The topological polar surface area (TPSA) is 81.7 Å². The number of ether oxygens (including phenoxy) is 3. The normalized spacial score (nSPS) is 10.6. The summed E-state index contributed by atoms with van der Waals surface area (Å²) in [6.45, 7) is 0. The summed E-state index contributed by atoms with van der Waals surface area (Å²) >= 11 is 10.3. The van der Waals surface area contributed by atoms with E-state index < -0.39 is 5.91 Å². The molecule has 34 heavy (non-hydrogen) atoms. The van der Waals surface area contributed by atoms with Crippen LogP contribution < -0.4 is 24.8 Å². The summed E-state index contributed by atoms with van der Waals surface area (Å²) in [5.74, 6) is 1.29. The molecule has 3 aromatic carbocycles. The van der Waals surface area contributed by atoms with Crippen LogP contribution in [0.15, 0.2) is 58.4 Å². The third-order valence-electron chi connectivity index (χ3n) is 5.02. The Bertz CT molecular complexity index is 1390. The highest BCUT2D eigenvalue weighted by atomic mass is 79.9. The first kappa shape index (κ1) is 23.9. The van der Waals surface area contributed by atoms with Gasteiger partial charge in [0.05, 0.1) is 37.1 Å². The van der Waals surface area contributed by atoms with Crippen molar-refractivity contribution in [3.05, 3.63) is 63.9 Å². The van der Waals surface area contributed by atoms with Crippen LogP contribution in [0.5, 0.6) is 17.2 Å². The Balaban J connectivity index is 1.50. The third kappa shape index (κ3) is 4.84. The number of aromatic nitrogens is 1. The molecule has 4 aromatic rings. The van der Waals surface area contributed by atoms with Crippen LogP contribution >= 0.6 is 39.5 Å². The van der Waals surface area contributed by atoms with E-state index in [0.717, 1.165) is 22.0 Å². The molecular weight excluding hydrogens is 538 g/mol. The van der Waals surface area contributed by atoms with Crippen LogP contribution in [0.25, 0.3) is 22.0 Å². The van der Waals surface area contributed by atoms with E-state index in [1.165, 1.54) is 18.4 Å². The van der Waals surface area contributed by atoms with Crippen molar-refractivity contribution < 1.29 is 19.0 Å². The molecule has 0 unspecified atom stereocenters. The first-order chi connectivity index (χ1) is 16.4. The Morgan fingerprint density at radius 1 is 1.03 bits per heavy atom. The van der Waals surface area contributed by atoms with Crippen molar-refractivity contribution in [3.8, 4) is 28.5 Å². The highest BCUT2D eigenvalue weighted by Gasteiger charge is 2.19. The first-order valence-electron chi connectivity index (χ1n) is 10.0. The number of benzene rings is 3. The molecule has 174 valence electrons. The van der Waals surface area contributed by atoms with Gasteiger partial charge in [-0.2, -0.15) is 0 Å². The van der Waals surface area contributed by atoms with Gasteiger partial charge in [-0.1, -0.05) is 24.3 Å². The van der Waals surface area contributed by atoms with Gasteiger partial charge in [-0.25, -0.2) is 4.98 Å². The zero-order chi connectivity index (χ0) is 24.2. The van der Waals surface area contributed by atoms with Crippen molar-refractivity contribution in [1.29, 1.82) is 0 Å². The molecule has 0 radical (unpaired) electrons. The van der Waals surface area contributed by atoms with E-state index in [1.807, 2.05) is 47.8 Å². The lowest BCUT2D eigenvalue weighted by atomic mass is 10.1. The van der Waals surface area contributed by atoms with E-state index in [9.17, 15) is 4.79 Å². The number of methoxy groups -OCH3 is 3. The number of hydrogen-bond acceptors (Lipinski definition) is 7. The van der Waals surface area contributed by atoms with Crippen LogP contribution in [0, 0.1) is 0 Å². The van der Waals surface area contributed by atoms with Crippen LogP contribution in [0.1, 0.15) is 10.4 Å². The van der Waals surface area contributed by atoms with Gasteiger partial charge in [0.15, 0.2) is 21.7 Å². The number of carbonyl (C=O) groups is 1. The number of halogens is 1. The molecule has 0 saturated carbocycles. The minimum atomic E-state index is -0.391. The monoisotopic (exact) mass is 557 g/mol. The van der Waals surface area contributed by atoms with Crippen LogP contribution in [0.2, 0.25) is 0 Å². The fourth-order valence-corrected chi connectivity index (χ4v) is 5.13. The molecule has 0 saturated heterocycles. The van der Waals surface area contributed by atoms with Gasteiger partial charge in [0.2, 0.25) is 0 Å². The number of anilines is 1. The molecule has 10 heteroatoms. The molecule has 2 N–H and O–H groups in total. The SMILES string of the molecule is COc1ccc(-c2csc(NC(=S)NC(=O)c3cc4ccccc4c(Br)c3OC)n2)cc1OC. The molecule has 0 spiro atoms. The number of fused-ring (bicyclic) bond motifs is 1. The molecular formula is C24H20BrN3O4S2. The van der Waals surface area contributed by atoms with Crippen LogP contribution in [-0.4, -0.2) is 37.3 Å². The highest BCUT2D eigenvalue weighted by molar-refractivity contribution is 9.10. The van der Waals surface area contributed by atoms with E-state index >= 15 is 0 Å². The van der Waals surface area contributed by atoms with Crippen molar-refractivity contribution in [2.45, 2.75) is 0 Å². The third-order valence-corrected chi connectivity index (χ3v) is 6.77. The smallest absolute Gasteiger partial charge is 0.261 e. The molecule has 0 atom stereocenters. The first-order valence-corrected chi connectivity index (χ1v) is 12.1. The molecule has 0 fully saturated rings. The second-order valence-corrected chi connectivity index (χ2v) is 9.07. The van der Waals surface area contributed by atoms with Gasteiger partial charge in [0.1, 0.15) is 5.75 Å². The van der Waals surface area contributed by atoms with Gasteiger partial charge in [-0.15, -0.1) is 11.3 Å². The molecule has 0 aliphatic carbocycles. The van der Waals surface area contributed by atoms with Crippen molar-refractivity contribution in [2.24, 2.45) is 0 Å². The summed E-state index contributed by atoms with van der Waals surface area (Å²) in [4.78, 5) is 17.6. The average molecular weight is 558 g/mol. The predicted octanol–water partition coefficient (Wildman–Crippen LogP) is 5.88. The van der Waals surface area contributed by atoms with E-state index in [4.69, 9.17) is 26.4 Å². The number of carbonyl (C=O) groups excluding carboxylic acids is 1. The summed E-state index contributed by atoms with van der Waals surface area (Å²) in [5.41, 5.74) is 1.97. The fourth-order valence-electron chi connectivity index (χ4n) is 3.41. The largest absolute Gasteiger partial charge is 0.495 e. The minimum Gasteiger partial charge on any atom is -0.495 e. The molecule has 4 rings (SSSR count). The Labute approximate surface area is 214 Å². The number of rotatable bonds is 6. The molecule has 0 bridgehead atoms. The zero-order valence-electron chi connectivity index (χ0n) is 18.5. The number of thiazole rings is 1. The number of nitrogens with one attached hydrogen (secondary N) is 2. The Morgan fingerprint density at radius 3 is 2.53 bits per heavy atom. The van der Waals surface area contributed by atoms with Crippen LogP contribution in [0.4, 0.5) is 5.13 Å².